The zero-order valence-electron chi connectivity index (χ0n) is 23.7. The number of para-hydroxylation sites is 3. The van der Waals surface area contributed by atoms with E-state index in [1.54, 1.807) is 0 Å². The number of fused-ring (bicyclic) bond motifs is 4. The SMILES string of the molecule is CC1(C)c2ccccc2N(c2cccnc2)c2ccc(C3(c4ccccc4)c4ccccc4Oc4ccccc43)cc21. The Hall–Kier alpha value is -5.15. The summed E-state index contributed by atoms with van der Waals surface area (Å²) in [5.41, 5.74) is 9.91. The van der Waals surface area contributed by atoms with E-state index in [2.05, 4.69) is 151 Å². The van der Waals surface area contributed by atoms with Gasteiger partial charge in [-0.15, -0.1) is 0 Å². The van der Waals surface area contributed by atoms with Crippen molar-refractivity contribution >= 4 is 17.1 Å². The Morgan fingerprint density at radius 2 is 1.17 bits per heavy atom. The molecule has 0 spiro atoms. The minimum atomic E-state index is -0.562. The molecule has 5 aromatic carbocycles. The van der Waals surface area contributed by atoms with Crippen molar-refractivity contribution < 1.29 is 4.74 Å². The van der Waals surface area contributed by atoms with E-state index in [0.29, 0.717) is 0 Å². The molecule has 8 rings (SSSR count). The molecule has 6 aromatic rings. The van der Waals surface area contributed by atoms with Crippen LogP contribution in [0.2, 0.25) is 0 Å². The largest absolute Gasteiger partial charge is 0.457 e. The number of hydrogen-bond donors (Lipinski definition) is 0. The molecular formula is C39H30N2O. The first-order chi connectivity index (χ1) is 20.6. The van der Waals surface area contributed by atoms with Crippen LogP contribution in [0.3, 0.4) is 0 Å². The number of pyridine rings is 1. The third kappa shape index (κ3) is 3.37. The number of rotatable bonds is 3. The third-order valence-corrected chi connectivity index (χ3v) is 9.08. The van der Waals surface area contributed by atoms with Gasteiger partial charge in [-0.05, 0) is 58.7 Å². The molecule has 202 valence electrons. The van der Waals surface area contributed by atoms with E-state index in [4.69, 9.17) is 4.74 Å². The number of benzene rings is 5. The molecule has 3 heteroatoms. The first-order valence-electron chi connectivity index (χ1n) is 14.5. The first-order valence-corrected chi connectivity index (χ1v) is 14.5. The van der Waals surface area contributed by atoms with Crippen LogP contribution in [0.5, 0.6) is 11.5 Å². The fourth-order valence-electron chi connectivity index (χ4n) is 7.17. The van der Waals surface area contributed by atoms with Crippen LogP contribution in [-0.4, -0.2) is 4.98 Å². The van der Waals surface area contributed by atoms with Crippen LogP contribution >= 0.6 is 0 Å². The Labute approximate surface area is 246 Å². The quantitative estimate of drug-likeness (QED) is 0.222. The summed E-state index contributed by atoms with van der Waals surface area (Å²) in [6.07, 6.45) is 3.78. The van der Waals surface area contributed by atoms with Crippen LogP contribution < -0.4 is 9.64 Å². The van der Waals surface area contributed by atoms with Crippen LogP contribution in [0.25, 0.3) is 0 Å². The Kier molecular flexibility index (Phi) is 5.39. The predicted molar refractivity (Wildman–Crippen MR) is 169 cm³/mol. The second-order valence-corrected chi connectivity index (χ2v) is 11.6. The van der Waals surface area contributed by atoms with E-state index < -0.39 is 5.41 Å². The van der Waals surface area contributed by atoms with Gasteiger partial charge in [0.25, 0.3) is 0 Å². The van der Waals surface area contributed by atoms with E-state index in [9.17, 15) is 0 Å². The number of aromatic nitrogens is 1. The van der Waals surface area contributed by atoms with Crippen molar-refractivity contribution in [3.05, 3.63) is 179 Å². The molecule has 0 saturated heterocycles. The second-order valence-electron chi connectivity index (χ2n) is 11.6. The molecule has 0 atom stereocenters. The molecule has 0 saturated carbocycles. The number of anilines is 3. The summed E-state index contributed by atoms with van der Waals surface area (Å²) >= 11 is 0. The van der Waals surface area contributed by atoms with Crippen LogP contribution in [0.4, 0.5) is 17.1 Å². The highest BCUT2D eigenvalue weighted by Crippen LogP contribution is 2.58. The van der Waals surface area contributed by atoms with Crippen molar-refractivity contribution in [2.24, 2.45) is 0 Å². The molecule has 0 fully saturated rings. The average Bonchev–Trinajstić information content (AvgIpc) is 3.05. The summed E-state index contributed by atoms with van der Waals surface area (Å²) in [6.45, 7) is 4.69. The van der Waals surface area contributed by atoms with Gasteiger partial charge < -0.3 is 9.64 Å². The van der Waals surface area contributed by atoms with Gasteiger partial charge >= 0.3 is 0 Å². The molecule has 2 aliphatic rings. The fourth-order valence-corrected chi connectivity index (χ4v) is 7.17. The molecule has 0 N–H and O–H groups in total. The molecule has 2 aliphatic heterocycles. The standard InChI is InChI=1S/C39H30N2O/c1-38(2)30-16-6-9-19-34(30)41(29-15-12-24-40-26-29)35-23-22-28(25-33(35)38)39(27-13-4-3-5-14-27)31-17-7-10-20-36(31)42-37-21-11-8-18-32(37)39/h3-26H,1-2H3. The smallest absolute Gasteiger partial charge is 0.132 e. The predicted octanol–water partition coefficient (Wildman–Crippen LogP) is 9.68. The summed E-state index contributed by atoms with van der Waals surface area (Å²) in [4.78, 5) is 6.83. The van der Waals surface area contributed by atoms with Gasteiger partial charge in [-0.25, -0.2) is 0 Å². The van der Waals surface area contributed by atoms with Crippen LogP contribution in [0.15, 0.2) is 146 Å². The van der Waals surface area contributed by atoms with Crippen LogP contribution in [0, 0.1) is 0 Å². The Balaban J connectivity index is 1.47. The van der Waals surface area contributed by atoms with Crippen molar-refractivity contribution in [1.82, 2.24) is 4.98 Å². The lowest BCUT2D eigenvalue weighted by Crippen LogP contribution is -2.36. The number of hydrogen-bond acceptors (Lipinski definition) is 3. The molecule has 3 heterocycles. The Morgan fingerprint density at radius 3 is 1.86 bits per heavy atom. The van der Waals surface area contributed by atoms with Gasteiger partial charge in [0.05, 0.1) is 28.7 Å². The lowest BCUT2D eigenvalue weighted by molar-refractivity contribution is 0.434. The van der Waals surface area contributed by atoms with Crippen molar-refractivity contribution in [2.75, 3.05) is 4.90 Å². The van der Waals surface area contributed by atoms with Gasteiger partial charge in [-0.1, -0.05) is 111 Å². The Morgan fingerprint density at radius 1 is 0.548 bits per heavy atom. The molecular weight excluding hydrogens is 512 g/mol. The van der Waals surface area contributed by atoms with E-state index in [-0.39, 0.29) is 5.41 Å². The molecule has 0 aliphatic carbocycles. The van der Waals surface area contributed by atoms with Crippen LogP contribution in [-0.2, 0) is 10.8 Å². The topological polar surface area (TPSA) is 25.4 Å². The van der Waals surface area contributed by atoms with Crippen molar-refractivity contribution in [3.8, 4) is 11.5 Å². The van der Waals surface area contributed by atoms with Gasteiger partial charge in [-0.2, -0.15) is 0 Å². The lowest BCUT2D eigenvalue weighted by atomic mass is 9.62. The maximum Gasteiger partial charge on any atom is 0.132 e. The normalized spacial score (nSPS) is 15.4. The van der Waals surface area contributed by atoms with Gasteiger partial charge in [0.15, 0.2) is 0 Å². The molecule has 3 nitrogen and oxygen atoms in total. The van der Waals surface area contributed by atoms with Crippen LogP contribution in [0.1, 0.15) is 47.2 Å². The molecule has 42 heavy (non-hydrogen) atoms. The molecule has 0 radical (unpaired) electrons. The lowest BCUT2D eigenvalue weighted by Gasteiger charge is -2.45. The zero-order chi connectivity index (χ0) is 28.3. The number of nitrogens with zero attached hydrogens (tertiary/aromatic N) is 2. The minimum Gasteiger partial charge on any atom is -0.457 e. The van der Waals surface area contributed by atoms with E-state index >= 15 is 0 Å². The van der Waals surface area contributed by atoms with E-state index in [1.165, 1.54) is 33.6 Å². The van der Waals surface area contributed by atoms with E-state index in [1.807, 2.05) is 18.5 Å². The summed E-state index contributed by atoms with van der Waals surface area (Å²) in [5, 5.41) is 0. The third-order valence-electron chi connectivity index (χ3n) is 9.08. The highest BCUT2D eigenvalue weighted by molar-refractivity contribution is 5.86. The van der Waals surface area contributed by atoms with Gasteiger partial charge in [-0.3, -0.25) is 4.98 Å². The summed E-state index contributed by atoms with van der Waals surface area (Å²) < 4.78 is 6.54. The van der Waals surface area contributed by atoms with Gasteiger partial charge in [0, 0.05) is 22.7 Å². The zero-order valence-corrected chi connectivity index (χ0v) is 23.7. The van der Waals surface area contributed by atoms with E-state index in [0.717, 1.165) is 28.3 Å². The first kappa shape index (κ1) is 24.6. The van der Waals surface area contributed by atoms with Gasteiger partial charge in [0.2, 0.25) is 0 Å². The summed E-state index contributed by atoms with van der Waals surface area (Å²) in [6, 6.07) is 47.8. The van der Waals surface area contributed by atoms with Crippen molar-refractivity contribution in [1.29, 1.82) is 0 Å². The average molecular weight is 543 g/mol. The Bertz CT molecular complexity index is 1900. The highest BCUT2D eigenvalue weighted by atomic mass is 16.5. The number of ether oxygens (including phenoxy) is 1. The van der Waals surface area contributed by atoms with Crippen molar-refractivity contribution in [3.63, 3.8) is 0 Å². The monoisotopic (exact) mass is 542 g/mol. The maximum absolute atomic E-state index is 6.54. The molecule has 0 amide bonds. The molecule has 0 bridgehead atoms. The second kappa shape index (κ2) is 9.19. The molecule has 1 aromatic heterocycles. The molecule has 0 unspecified atom stereocenters. The fraction of sp³-hybridized carbons (Fsp3) is 0.103. The van der Waals surface area contributed by atoms with Crippen molar-refractivity contribution in [2.45, 2.75) is 24.7 Å². The van der Waals surface area contributed by atoms with Gasteiger partial charge in [0.1, 0.15) is 11.5 Å². The summed E-state index contributed by atoms with van der Waals surface area (Å²) in [7, 11) is 0. The summed E-state index contributed by atoms with van der Waals surface area (Å²) in [5.74, 6) is 1.78. The maximum atomic E-state index is 6.54. The highest BCUT2D eigenvalue weighted by Gasteiger charge is 2.46. The minimum absolute atomic E-state index is 0.233.